The van der Waals surface area contributed by atoms with Crippen molar-refractivity contribution in [2.75, 3.05) is 20.2 Å². The van der Waals surface area contributed by atoms with Crippen LogP contribution in [0.15, 0.2) is 36.4 Å². The predicted molar refractivity (Wildman–Crippen MR) is 94.0 cm³/mol. The second kappa shape index (κ2) is 8.76. The van der Waals surface area contributed by atoms with E-state index in [0.29, 0.717) is 13.1 Å². The molecule has 0 fully saturated rings. The molecule has 0 spiro atoms. The summed E-state index contributed by atoms with van der Waals surface area (Å²) >= 11 is 0. The first-order chi connectivity index (χ1) is 11.6. The molecule has 2 rings (SSSR count). The molecule has 3 amide bonds. The molecule has 128 valence electrons. The molecular weight excluding hydrogens is 306 g/mol. The summed E-state index contributed by atoms with van der Waals surface area (Å²) < 4.78 is 5.20. The van der Waals surface area contributed by atoms with Crippen molar-refractivity contribution in [3.63, 3.8) is 0 Å². The van der Waals surface area contributed by atoms with E-state index in [-0.39, 0.29) is 18.5 Å². The van der Waals surface area contributed by atoms with Crippen molar-refractivity contribution >= 4 is 22.7 Å². The second-order valence-electron chi connectivity index (χ2n) is 5.43. The van der Waals surface area contributed by atoms with Crippen LogP contribution in [-0.4, -0.2) is 32.1 Å². The van der Waals surface area contributed by atoms with Crippen LogP contribution in [0.2, 0.25) is 0 Å². The fourth-order valence-electron chi connectivity index (χ4n) is 2.24. The maximum absolute atomic E-state index is 11.7. The molecule has 0 aliphatic carbocycles. The Kier molecular flexibility index (Phi) is 6.42. The number of carbonyl (C=O) groups is 2. The lowest BCUT2D eigenvalue weighted by Gasteiger charge is -2.09. The number of benzene rings is 2. The van der Waals surface area contributed by atoms with Gasteiger partial charge < -0.3 is 20.7 Å². The molecule has 6 nitrogen and oxygen atoms in total. The second-order valence-corrected chi connectivity index (χ2v) is 5.43. The van der Waals surface area contributed by atoms with E-state index < -0.39 is 0 Å². The Morgan fingerprint density at radius 2 is 1.75 bits per heavy atom. The van der Waals surface area contributed by atoms with Gasteiger partial charge in [-0.15, -0.1) is 0 Å². The third kappa shape index (κ3) is 5.15. The number of nitrogens with one attached hydrogen (secondary N) is 3. The highest BCUT2D eigenvalue weighted by Crippen LogP contribution is 2.21. The first-order valence-corrected chi connectivity index (χ1v) is 7.97. The minimum Gasteiger partial charge on any atom is -0.497 e. The zero-order chi connectivity index (χ0) is 17.4. The summed E-state index contributed by atoms with van der Waals surface area (Å²) in [4.78, 5) is 23.1. The van der Waals surface area contributed by atoms with Gasteiger partial charge in [-0.05, 0) is 41.0 Å². The van der Waals surface area contributed by atoms with Crippen LogP contribution >= 0.6 is 0 Å². The molecule has 0 aromatic heterocycles. The average molecular weight is 329 g/mol. The third-order valence-electron chi connectivity index (χ3n) is 3.55. The summed E-state index contributed by atoms with van der Waals surface area (Å²) in [7, 11) is 1.64. The number of urea groups is 1. The summed E-state index contributed by atoms with van der Waals surface area (Å²) in [6, 6.07) is 11.5. The molecule has 6 heteroatoms. The van der Waals surface area contributed by atoms with Crippen molar-refractivity contribution in [2.45, 2.75) is 19.9 Å². The van der Waals surface area contributed by atoms with Gasteiger partial charge in [0.25, 0.3) is 0 Å². The van der Waals surface area contributed by atoms with Crippen LogP contribution in [0.25, 0.3) is 10.8 Å². The van der Waals surface area contributed by atoms with Crippen molar-refractivity contribution in [1.29, 1.82) is 0 Å². The van der Waals surface area contributed by atoms with Gasteiger partial charge in [0.05, 0.1) is 13.7 Å². The van der Waals surface area contributed by atoms with E-state index in [1.807, 2.05) is 43.3 Å². The molecule has 0 atom stereocenters. The zero-order valence-corrected chi connectivity index (χ0v) is 14.0. The number of fused-ring (bicyclic) bond motifs is 1. The maximum atomic E-state index is 11.7. The number of hydrogen-bond acceptors (Lipinski definition) is 3. The normalized spacial score (nSPS) is 10.2. The topological polar surface area (TPSA) is 79.5 Å². The van der Waals surface area contributed by atoms with E-state index in [9.17, 15) is 9.59 Å². The molecule has 2 aromatic carbocycles. The Bertz CT molecular complexity index is 716. The molecule has 0 radical (unpaired) electrons. The lowest BCUT2D eigenvalue weighted by Crippen LogP contribution is -2.41. The van der Waals surface area contributed by atoms with E-state index in [0.717, 1.165) is 28.5 Å². The summed E-state index contributed by atoms with van der Waals surface area (Å²) in [5, 5.41) is 10.1. The van der Waals surface area contributed by atoms with Gasteiger partial charge in [0, 0.05) is 13.1 Å². The van der Waals surface area contributed by atoms with Gasteiger partial charge in [0.15, 0.2) is 0 Å². The van der Waals surface area contributed by atoms with Gasteiger partial charge in [-0.2, -0.15) is 0 Å². The van der Waals surface area contributed by atoms with Crippen LogP contribution in [0, 0.1) is 0 Å². The van der Waals surface area contributed by atoms with Crippen molar-refractivity contribution < 1.29 is 14.3 Å². The number of hydrogen-bond donors (Lipinski definition) is 3. The first-order valence-electron chi connectivity index (χ1n) is 7.97. The summed E-state index contributed by atoms with van der Waals surface area (Å²) in [6.07, 6.45) is 0.867. The van der Waals surface area contributed by atoms with Gasteiger partial charge >= 0.3 is 6.03 Å². The average Bonchev–Trinajstić information content (AvgIpc) is 2.62. The summed E-state index contributed by atoms with van der Waals surface area (Å²) in [5.74, 6) is 0.626. The van der Waals surface area contributed by atoms with Crippen molar-refractivity contribution in [1.82, 2.24) is 16.0 Å². The Balaban J connectivity index is 1.84. The van der Waals surface area contributed by atoms with E-state index in [2.05, 4.69) is 16.0 Å². The van der Waals surface area contributed by atoms with E-state index in [1.54, 1.807) is 7.11 Å². The van der Waals surface area contributed by atoms with Gasteiger partial charge in [-0.1, -0.05) is 25.1 Å². The number of carbonyl (C=O) groups excluding carboxylic acids is 2. The SMILES string of the molecule is CCCNC(=O)CNC(=O)NCc1ccc2cc(OC)ccc2c1. The minimum absolute atomic E-state index is 0.0245. The molecule has 0 heterocycles. The smallest absolute Gasteiger partial charge is 0.315 e. The lowest BCUT2D eigenvalue weighted by molar-refractivity contribution is -0.120. The van der Waals surface area contributed by atoms with Crippen LogP contribution in [0.3, 0.4) is 0 Å². The number of amides is 3. The van der Waals surface area contributed by atoms with E-state index >= 15 is 0 Å². The monoisotopic (exact) mass is 329 g/mol. The summed E-state index contributed by atoms with van der Waals surface area (Å²) in [6.45, 7) is 2.96. The minimum atomic E-state index is -0.364. The summed E-state index contributed by atoms with van der Waals surface area (Å²) in [5.41, 5.74) is 0.984. The largest absolute Gasteiger partial charge is 0.497 e. The van der Waals surface area contributed by atoms with Crippen molar-refractivity contribution in [3.8, 4) is 5.75 Å². The third-order valence-corrected chi connectivity index (χ3v) is 3.55. The highest BCUT2D eigenvalue weighted by atomic mass is 16.5. The molecule has 0 bridgehead atoms. The Morgan fingerprint density at radius 1 is 1.00 bits per heavy atom. The van der Waals surface area contributed by atoms with Crippen molar-refractivity contribution in [3.05, 3.63) is 42.0 Å². The molecule has 2 aromatic rings. The highest BCUT2D eigenvalue weighted by Gasteiger charge is 2.05. The van der Waals surface area contributed by atoms with Crippen LogP contribution < -0.4 is 20.7 Å². The number of ether oxygens (including phenoxy) is 1. The van der Waals surface area contributed by atoms with Crippen LogP contribution in [0.1, 0.15) is 18.9 Å². The molecule has 0 unspecified atom stereocenters. The Hall–Kier alpha value is -2.76. The van der Waals surface area contributed by atoms with Gasteiger partial charge in [0.1, 0.15) is 5.75 Å². The number of methoxy groups -OCH3 is 1. The molecule has 24 heavy (non-hydrogen) atoms. The molecule has 0 saturated heterocycles. The molecule has 0 aliphatic heterocycles. The molecule has 0 saturated carbocycles. The van der Waals surface area contributed by atoms with Crippen LogP contribution in [0.4, 0.5) is 4.79 Å². The fraction of sp³-hybridized carbons (Fsp3) is 0.333. The Morgan fingerprint density at radius 3 is 2.50 bits per heavy atom. The highest BCUT2D eigenvalue weighted by molar-refractivity contribution is 5.85. The lowest BCUT2D eigenvalue weighted by atomic mass is 10.1. The zero-order valence-electron chi connectivity index (χ0n) is 14.0. The van der Waals surface area contributed by atoms with Crippen LogP contribution in [0.5, 0.6) is 5.75 Å². The predicted octanol–water partition coefficient (Wildman–Crippen LogP) is 2.17. The molecular formula is C18H23N3O3. The number of rotatable bonds is 7. The maximum Gasteiger partial charge on any atom is 0.315 e. The first kappa shape index (κ1) is 17.6. The molecule has 0 aliphatic rings. The van der Waals surface area contributed by atoms with Crippen LogP contribution in [-0.2, 0) is 11.3 Å². The van der Waals surface area contributed by atoms with E-state index in [1.165, 1.54) is 0 Å². The standard InChI is InChI=1S/C18H23N3O3/c1-3-8-19-17(22)12-21-18(23)20-11-13-4-5-15-10-16(24-2)7-6-14(15)9-13/h4-7,9-10H,3,8,11-12H2,1-2H3,(H,19,22)(H2,20,21,23). The Labute approximate surface area is 141 Å². The van der Waals surface area contributed by atoms with Gasteiger partial charge in [-0.3, -0.25) is 4.79 Å². The van der Waals surface area contributed by atoms with Gasteiger partial charge in [0.2, 0.25) is 5.91 Å². The van der Waals surface area contributed by atoms with Crippen molar-refractivity contribution in [2.24, 2.45) is 0 Å². The van der Waals surface area contributed by atoms with E-state index in [4.69, 9.17) is 4.74 Å². The molecule has 3 N–H and O–H groups in total. The quantitative estimate of drug-likeness (QED) is 0.728. The van der Waals surface area contributed by atoms with Gasteiger partial charge in [-0.25, -0.2) is 4.79 Å². The fourth-order valence-corrected chi connectivity index (χ4v) is 2.24.